The summed E-state index contributed by atoms with van der Waals surface area (Å²) in [7, 11) is 1.58. The molecule has 0 bridgehead atoms. The predicted octanol–water partition coefficient (Wildman–Crippen LogP) is 2.93. The molecule has 3 aromatic rings. The van der Waals surface area contributed by atoms with Gasteiger partial charge in [-0.2, -0.15) is 4.68 Å². The van der Waals surface area contributed by atoms with Crippen LogP contribution in [0.3, 0.4) is 0 Å². The van der Waals surface area contributed by atoms with Crippen molar-refractivity contribution in [1.29, 1.82) is 0 Å². The number of nitro groups is 1. The van der Waals surface area contributed by atoms with Crippen molar-refractivity contribution in [2.24, 2.45) is 0 Å². The number of thioether (sulfide) groups is 1. The van der Waals surface area contributed by atoms with E-state index in [1.807, 2.05) is 24.3 Å². The Kier molecular flexibility index (Phi) is 4.53. The SMILES string of the molecule is COc1ccccc1-n1nnnc1SCc1csc([N+](=O)[O-])c1. The summed E-state index contributed by atoms with van der Waals surface area (Å²) in [5.74, 6) is 1.20. The number of hydrogen-bond acceptors (Lipinski definition) is 8. The summed E-state index contributed by atoms with van der Waals surface area (Å²) in [6.45, 7) is 0. The van der Waals surface area contributed by atoms with E-state index in [-0.39, 0.29) is 5.00 Å². The molecule has 0 saturated heterocycles. The number of methoxy groups -OCH3 is 1. The van der Waals surface area contributed by atoms with Crippen LogP contribution in [0.5, 0.6) is 5.75 Å². The Morgan fingerprint density at radius 2 is 2.26 bits per heavy atom. The van der Waals surface area contributed by atoms with Gasteiger partial charge in [0.05, 0.1) is 12.0 Å². The molecule has 2 heterocycles. The highest BCUT2D eigenvalue weighted by atomic mass is 32.2. The third-order valence-electron chi connectivity index (χ3n) is 2.94. The lowest BCUT2D eigenvalue weighted by Gasteiger charge is -2.08. The lowest BCUT2D eigenvalue weighted by molar-refractivity contribution is -0.380. The van der Waals surface area contributed by atoms with Crippen molar-refractivity contribution in [3.8, 4) is 11.4 Å². The fourth-order valence-corrected chi connectivity index (χ4v) is 3.56. The number of benzene rings is 1. The summed E-state index contributed by atoms with van der Waals surface area (Å²) < 4.78 is 6.91. The van der Waals surface area contributed by atoms with Crippen LogP contribution in [0.4, 0.5) is 5.00 Å². The molecule has 10 heteroatoms. The van der Waals surface area contributed by atoms with Gasteiger partial charge in [0.2, 0.25) is 5.16 Å². The Labute approximate surface area is 139 Å². The highest BCUT2D eigenvalue weighted by molar-refractivity contribution is 7.98. The fraction of sp³-hybridized carbons (Fsp3) is 0.154. The number of para-hydroxylation sites is 2. The maximum Gasteiger partial charge on any atom is 0.324 e. The summed E-state index contributed by atoms with van der Waals surface area (Å²) in [4.78, 5) is 10.3. The van der Waals surface area contributed by atoms with Gasteiger partial charge < -0.3 is 4.74 Å². The molecule has 0 aliphatic heterocycles. The molecule has 23 heavy (non-hydrogen) atoms. The summed E-state index contributed by atoms with van der Waals surface area (Å²) in [6, 6.07) is 8.98. The maximum atomic E-state index is 10.7. The molecular weight excluding hydrogens is 338 g/mol. The number of ether oxygens (including phenoxy) is 1. The number of tetrazole rings is 1. The van der Waals surface area contributed by atoms with Crippen molar-refractivity contribution in [2.75, 3.05) is 7.11 Å². The van der Waals surface area contributed by atoms with Crippen molar-refractivity contribution in [3.63, 3.8) is 0 Å². The Balaban J connectivity index is 1.79. The zero-order valence-corrected chi connectivity index (χ0v) is 13.6. The van der Waals surface area contributed by atoms with E-state index in [1.165, 1.54) is 11.8 Å². The predicted molar refractivity (Wildman–Crippen MR) is 86.2 cm³/mol. The number of rotatable bonds is 6. The van der Waals surface area contributed by atoms with Crippen LogP contribution in [-0.2, 0) is 5.75 Å². The first-order valence-electron chi connectivity index (χ1n) is 6.45. The van der Waals surface area contributed by atoms with Crippen LogP contribution in [0, 0.1) is 10.1 Å². The van der Waals surface area contributed by atoms with E-state index in [9.17, 15) is 10.1 Å². The summed E-state index contributed by atoms with van der Waals surface area (Å²) >= 11 is 2.51. The van der Waals surface area contributed by atoms with Gasteiger partial charge >= 0.3 is 5.00 Å². The molecular formula is C13H11N5O3S2. The number of nitrogens with zero attached hydrogens (tertiary/aromatic N) is 5. The van der Waals surface area contributed by atoms with Crippen molar-refractivity contribution in [3.05, 3.63) is 51.4 Å². The average molecular weight is 349 g/mol. The molecule has 0 amide bonds. The Bertz CT molecular complexity index is 832. The molecule has 8 nitrogen and oxygen atoms in total. The summed E-state index contributed by atoms with van der Waals surface area (Å²) in [5, 5.41) is 24.9. The lowest BCUT2D eigenvalue weighted by atomic mass is 10.3. The van der Waals surface area contributed by atoms with Crippen molar-refractivity contribution >= 4 is 28.1 Å². The molecule has 0 unspecified atom stereocenters. The Morgan fingerprint density at radius 3 is 3.00 bits per heavy atom. The van der Waals surface area contributed by atoms with E-state index in [4.69, 9.17) is 4.74 Å². The monoisotopic (exact) mass is 349 g/mol. The zero-order chi connectivity index (χ0) is 16.2. The second-order valence-corrected chi connectivity index (χ2v) is 6.22. The highest BCUT2D eigenvalue weighted by Gasteiger charge is 2.15. The van der Waals surface area contributed by atoms with Crippen LogP contribution in [0.2, 0.25) is 0 Å². The van der Waals surface area contributed by atoms with Crippen LogP contribution in [0.25, 0.3) is 5.69 Å². The van der Waals surface area contributed by atoms with Crippen molar-refractivity contribution in [1.82, 2.24) is 20.2 Å². The third kappa shape index (κ3) is 3.32. The molecule has 0 aliphatic carbocycles. The summed E-state index contributed by atoms with van der Waals surface area (Å²) in [5.41, 5.74) is 1.60. The molecule has 3 rings (SSSR count). The normalized spacial score (nSPS) is 10.7. The first-order chi connectivity index (χ1) is 11.2. The van der Waals surface area contributed by atoms with Crippen molar-refractivity contribution < 1.29 is 9.66 Å². The molecule has 118 valence electrons. The van der Waals surface area contributed by atoms with Gasteiger partial charge in [-0.1, -0.05) is 35.2 Å². The topological polar surface area (TPSA) is 96.0 Å². The second-order valence-electron chi connectivity index (χ2n) is 4.38. The first-order valence-corrected chi connectivity index (χ1v) is 8.32. The van der Waals surface area contributed by atoms with Crippen LogP contribution in [-0.4, -0.2) is 32.2 Å². The number of thiophene rings is 1. The van der Waals surface area contributed by atoms with Gasteiger partial charge in [-0.05, 0) is 28.1 Å². The molecule has 0 radical (unpaired) electrons. The van der Waals surface area contributed by atoms with Crippen LogP contribution < -0.4 is 4.74 Å². The minimum Gasteiger partial charge on any atom is -0.494 e. The number of hydrogen-bond donors (Lipinski definition) is 0. The van der Waals surface area contributed by atoms with E-state index >= 15 is 0 Å². The minimum absolute atomic E-state index is 0.130. The smallest absolute Gasteiger partial charge is 0.324 e. The van der Waals surface area contributed by atoms with Gasteiger partial charge in [-0.3, -0.25) is 10.1 Å². The van der Waals surface area contributed by atoms with Crippen LogP contribution in [0.1, 0.15) is 5.56 Å². The fourth-order valence-electron chi connectivity index (χ4n) is 1.91. The molecule has 0 N–H and O–H groups in total. The van der Waals surface area contributed by atoms with Crippen LogP contribution >= 0.6 is 23.1 Å². The largest absolute Gasteiger partial charge is 0.494 e. The molecule has 0 saturated carbocycles. The van der Waals surface area contributed by atoms with Crippen LogP contribution in [0.15, 0.2) is 40.9 Å². The van der Waals surface area contributed by atoms with Crippen molar-refractivity contribution in [2.45, 2.75) is 10.9 Å². The van der Waals surface area contributed by atoms with Gasteiger partial charge in [0.25, 0.3) is 0 Å². The van der Waals surface area contributed by atoms with E-state index < -0.39 is 4.92 Å². The second kappa shape index (κ2) is 6.75. The van der Waals surface area contributed by atoms with Gasteiger partial charge in [-0.25, -0.2) is 0 Å². The molecule has 0 aliphatic rings. The average Bonchev–Trinajstić information content (AvgIpc) is 3.22. The first kappa shape index (κ1) is 15.4. The maximum absolute atomic E-state index is 10.7. The van der Waals surface area contributed by atoms with E-state index in [2.05, 4.69) is 15.5 Å². The van der Waals surface area contributed by atoms with E-state index in [0.29, 0.717) is 16.7 Å². The molecule has 0 atom stereocenters. The van der Waals surface area contributed by atoms with E-state index in [1.54, 1.807) is 23.2 Å². The highest BCUT2D eigenvalue weighted by Crippen LogP contribution is 2.30. The number of aromatic nitrogens is 4. The third-order valence-corrected chi connectivity index (χ3v) is 4.86. The Morgan fingerprint density at radius 1 is 1.43 bits per heavy atom. The lowest BCUT2D eigenvalue weighted by Crippen LogP contribution is -2.01. The molecule has 1 aromatic carbocycles. The summed E-state index contributed by atoms with van der Waals surface area (Å²) in [6.07, 6.45) is 0. The van der Waals surface area contributed by atoms with Gasteiger partial charge in [0, 0.05) is 17.2 Å². The standard InChI is InChI=1S/C13H11N5O3S2/c1-21-11-5-3-2-4-10(11)17-13(14-15-16-17)23-8-9-6-12(18(19)20)22-7-9/h2-7H,8H2,1H3. The molecule has 2 aromatic heterocycles. The zero-order valence-electron chi connectivity index (χ0n) is 11.9. The van der Waals surface area contributed by atoms with E-state index in [0.717, 1.165) is 22.6 Å². The minimum atomic E-state index is -0.391. The quantitative estimate of drug-likeness (QED) is 0.383. The molecule has 0 spiro atoms. The van der Waals surface area contributed by atoms with Gasteiger partial charge in [-0.15, -0.1) is 5.10 Å². The van der Waals surface area contributed by atoms with Gasteiger partial charge in [0.15, 0.2) is 0 Å². The molecule has 0 fully saturated rings. The Hall–Kier alpha value is -2.46. The van der Waals surface area contributed by atoms with Gasteiger partial charge in [0.1, 0.15) is 11.4 Å².